The Hall–Kier alpha value is -2.06. The number of amides is 2. The average Bonchev–Trinajstić information content (AvgIpc) is 2.67. The van der Waals surface area contributed by atoms with E-state index >= 15 is 0 Å². The summed E-state index contributed by atoms with van der Waals surface area (Å²) in [6.07, 6.45) is 3.16. The van der Waals surface area contributed by atoms with Crippen molar-refractivity contribution in [2.45, 2.75) is 25.7 Å². The van der Waals surface area contributed by atoms with E-state index in [0.29, 0.717) is 36.8 Å². The van der Waals surface area contributed by atoms with Gasteiger partial charge in [-0.3, -0.25) is 9.59 Å². The first-order valence-corrected chi connectivity index (χ1v) is 9.19. The van der Waals surface area contributed by atoms with Crippen molar-refractivity contribution in [3.05, 3.63) is 34.9 Å². The summed E-state index contributed by atoms with van der Waals surface area (Å²) in [5.41, 5.74) is 0.604. The van der Waals surface area contributed by atoms with Crippen LogP contribution in [0.3, 0.4) is 0 Å². The molecule has 0 aliphatic carbocycles. The molecule has 2 saturated heterocycles. The lowest BCUT2D eigenvalue weighted by molar-refractivity contribution is -0.138. The molecule has 2 aliphatic heterocycles. The quantitative estimate of drug-likeness (QED) is 0.815. The maximum absolute atomic E-state index is 12.8. The van der Waals surface area contributed by atoms with Gasteiger partial charge >= 0.3 is 0 Å². The van der Waals surface area contributed by atoms with Gasteiger partial charge in [0.05, 0.1) is 12.0 Å². The Balaban J connectivity index is 1.61. The molecule has 3 rings (SSSR count). The van der Waals surface area contributed by atoms with Gasteiger partial charge in [-0.05, 0) is 49.9 Å². The fraction of sp³-hybridized carbons (Fsp3) is 0.526. The number of nitrogens with zero attached hydrogens (tertiary/aromatic N) is 3. The minimum Gasteiger partial charge on any atom is -0.342 e. The van der Waals surface area contributed by atoms with Crippen molar-refractivity contribution in [3.63, 3.8) is 0 Å². The second-order valence-corrected chi connectivity index (χ2v) is 7.26. The molecule has 25 heavy (non-hydrogen) atoms. The zero-order valence-corrected chi connectivity index (χ0v) is 14.9. The van der Waals surface area contributed by atoms with E-state index in [9.17, 15) is 9.59 Å². The molecule has 1 aromatic carbocycles. The zero-order chi connectivity index (χ0) is 17.8. The minimum absolute atomic E-state index is 0.0441. The maximum atomic E-state index is 12.8. The molecule has 5 nitrogen and oxygen atoms in total. The molecule has 0 N–H and O–H groups in total. The largest absolute Gasteiger partial charge is 0.342 e. The molecule has 1 unspecified atom stereocenters. The maximum Gasteiger partial charge on any atom is 0.253 e. The molecule has 2 fully saturated rings. The Morgan fingerprint density at radius 1 is 1.04 bits per heavy atom. The molecule has 6 heteroatoms. The number of carbonyl (C=O) groups is 2. The molecular weight excluding hydrogens is 338 g/mol. The summed E-state index contributed by atoms with van der Waals surface area (Å²) in [5, 5.41) is 9.58. The molecule has 2 aliphatic rings. The highest BCUT2D eigenvalue weighted by atomic mass is 35.5. The molecule has 1 aromatic rings. The van der Waals surface area contributed by atoms with Crippen LogP contribution in [0.5, 0.6) is 0 Å². The fourth-order valence-electron chi connectivity index (χ4n) is 3.63. The summed E-state index contributed by atoms with van der Waals surface area (Å²) < 4.78 is 0. The number of carbonyl (C=O) groups excluding carboxylic acids is 2. The molecule has 0 radical (unpaired) electrons. The zero-order valence-electron chi connectivity index (χ0n) is 14.2. The highest BCUT2D eigenvalue weighted by molar-refractivity contribution is 6.30. The molecular formula is C19H22ClN3O2. The lowest BCUT2D eigenvalue weighted by Gasteiger charge is -2.37. The number of hydrogen-bond donors (Lipinski definition) is 0. The predicted molar refractivity (Wildman–Crippen MR) is 95.0 cm³/mol. The summed E-state index contributed by atoms with van der Waals surface area (Å²) >= 11 is 5.88. The standard InChI is InChI=1S/C19H22ClN3O2/c20-17-5-3-15(4-6-17)18(24)23-9-1-2-16(13-23)19(25)22-10-7-14(12-21)8-11-22/h3-6,14,16H,1-2,7-11,13H2. The number of halogens is 1. The molecule has 2 heterocycles. The molecule has 0 bridgehead atoms. The van der Waals surface area contributed by atoms with Gasteiger partial charge < -0.3 is 9.80 Å². The van der Waals surface area contributed by atoms with Crippen molar-refractivity contribution in [1.29, 1.82) is 5.26 Å². The average molecular weight is 360 g/mol. The van der Waals surface area contributed by atoms with Gasteiger partial charge in [-0.15, -0.1) is 0 Å². The summed E-state index contributed by atoms with van der Waals surface area (Å²) in [4.78, 5) is 29.1. The van der Waals surface area contributed by atoms with Gasteiger partial charge in [-0.25, -0.2) is 0 Å². The number of hydrogen-bond acceptors (Lipinski definition) is 3. The molecule has 132 valence electrons. The Morgan fingerprint density at radius 3 is 2.36 bits per heavy atom. The van der Waals surface area contributed by atoms with E-state index < -0.39 is 0 Å². The lowest BCUT2D eigenvalue weighted by Crippen LogP contribution is -2.48. The third-order valence-corrected chi connectivity index (χ3v) is 5.39. The van der Waals surface area contributed by atoms with Crippen molar-refractivity contribution in [3.8, 4) is 6.07 Å². The highest BCUT2D eigenvalue weighted by Gasteiger charge is 2.33. The van der Waals surface area contributed by atoms with Crippen LogP contribution in [0.4, 0.5) is 0 Å². The van der Waals surface area contributed by atoms with E-state index in [1.807, 2.05) is 4.90 Å². The first-order chi connectivity index (χ1) is 12.1. The fourth-order valence-corrected chi connectivity index (χ4v) is 3.75. The summed E-state index contributed by atoms with van der Waals surface area (Å²) in [7, 11) is 0. The van der Waals surface area contributed by atoms with Crippen LogP contribution in [-0.4, -0.2) is 47.8 Å². The lowest BCUT2D eigenvalue weighted by atomic mass is 9.93. The van der Waals surface area contributed by atoms with E-state index in [-0.39, 0.29) is 23.7 Å². The van der Waals surface area contributed by atoms with E-state index in [4.69, 9.17) is 16.9 Å². The second-order valence-electron chi connectivity index (χ2n) is 6.83. The minimum atomic E-state index is -0.136. The second kappa shape index (κ2) is 7.88. The monoisotopic (exact) mass is 359 g/mol. The number of piperidine rings is 2. The smallest absolute Gasteiger partial charge is 0.253 e. The highest BCUT2D eigenvalue weighted by Crippen LogP contribution is 2.24. The van der Waals surface area contributed by atoms with Gasteiger partial charge in [0.1, 0.15) is 0 Å². The molecule has 1 atom stereocenters. The SMILES string of the molecule is N#CC1CCN(C(=O)C2CCCN(C(=O)c3ccc(Cl)cc3)C2)CC1. The van der Waals surface area contributed by atoms with Gasteiger partial charge in [0.25, 0.3) is 5.91 Å². The van der Waals surface area contributed by atoms with Crippen molar-refractivity contribution < 1.29 is 9.59 Å². The molecule has 0 spiro atoms. The van der Waals surface area contributed by atoms with Crippen LogP contribution in [0, 0.1) is 23.2 Å². The number of likely N-dealkylation sites (tertiary alicyclic amines) is 2. The molecule has 0 aromatic heterocycles. The number of benzene rings is 1. The van der Waals surface area contributed by atoms with Crippen LogP contribution in [0.1, 0.15) is 36.0 Å². The number of nitriles is 1. The topological polar surface area (TPSA) is 64.4 Å². The normalized spacial score (nSPS) is 21.7. The van der Waals surface area contributed by atoms with E-state index in [0.717, 1.165) is 25.7 Å². The summed E-state index contributed by atoms with van der Waals surface area (Å²) in [6.45, 7) is 2.46. The van der Waals surface area contributed by atoms with Crippen LogP contribution in [0.25, 0.3) is 0 Å². The molecule has 0 saturated carbocycles. The van der Waals surface area contributed by atoms with Crippen LogP contribution >= 0.6 is 11.6 Å². The van der Waals surface area contributed by atoms with E-state index in [2.05, 4.69) is 6.07 Å². The van der Waals surface area contributed by atoms with Crippen molar-refractivity contribution in [2.75, 3.05) is 26.2 Å². The van der Waals surface area contributed by atoms with Crippen molar-refractivity contribution in [2.24, 2.45) is 11.8 Å². The van der Waals surface area contributed by atoms with Crippen molar-refractivity contribution >= 4 is 23.4 Å². The van der Waals surface area contributed by atoms with Gasteiger partial charge in [-0.1, -0.05) is 11.6 Å². The Morgan fingerprint density at radius 2 is 1.72 bits per heavy atom. The van der Waals surface area contributed by atoms with E-state index in [1.54, 1.807) is 29.2 Å². The van der Waals surface area contributed by atoms with Crippen LogP contribution in [0.2, 0.25) is 5.02 Å². The Bertz CT molecular complexity index is 675. The van der Waals surface area contributed by atoms with Gasteiger partial charge in [0.2, 0.25) is 5.91 Å². The van der Waals surface area contributed by atoms with Crippen LogP contribution in [-0.2, 0) is 4.79 Å². The number of rotatable bonds is 2. The predicted octanol–water partition coefficient (Wildman–Crippen LogP) is 2.95. The van der Waals surface area contributed by atoms with Gasteiger partial charge in [-0.2, -0.15) is 5.26 Å². The van der Waals surface area contributed by atoms with Crippen LogP contribution in [0.15, 0.2) is 24.3 Å². The first kappa shape index (κ1) is 17.8. The molecule has 2 amide bonds. The van der Waals surface area contributed by atoms with Crippen molar-refractivity contribution in [1.82, 2.24) is 9.80 Å². The van der Waals surface area contributed by atoms with Gasteiger partial charge in [0.15, 0.2) is 0 Å². The first-order valence-electron chi connectivity index (χ1n) is 8.81. The summed E-state index contributed by atoms with van der Waals surface area (Å²) in [6, 6.07) is 9.15. The third-order valence-electron chi connectivity index (χ3n) is 5.14. The van der Waals surface area contributed by atoms with E-state index in [1.165, 1.54) is 0 Å². The van der Waals surface area contributed by atoms with Crippen LogP contribution < -0.4 is 0 Å². The Labute approximate surface area is 153 Å². The van der Waals surface area contributed by atoms with Gasteiger partial charge in [0, 0.05) is 42.7 Å². The summed E-state index contributed by atoms with van der Waals surface area (Å²) in [5.74, 6) is 0.0179. The Kier molecular flexibility index (Phi) is 5.60. The third kappa shape index (κ3) is 4.13.